The van der Waals surface area contributed by atoms with Crippen LogP contribution in [0, 0.1) is 0 Å². The van der Waals surface area contributed by atoms with Gasteiger partial charge in [0, 0.05) is 16.3 Å². The zero-order valence-electron chi connectivity index (χ0n) is 12.6. The van der Waals surface area contributed by atoms with Crippen LogP contribution in [0.3, 0.4) is 0 Å². The average molecular weight is 341 g/mol. The Bertz CT molecular complexity index is 813. The molecule has 1 aromatic carbocycles. The number of carbonyl (C=O) groups is 2. The van der Waals surface area contributed by atoms with Crippen LogP contribution >= 0.6 is 11.3 Å². The fraction of sp³-hybridized carbons (Fsp3) is 0.0588. The van der Waals surface area contributed by atoms with E-state index >= 15 is 0 Å². The quantitative estimate of drug-likeness (QED) is 0.658. The van der Waals surface area contributed by atoms with Crippen LogP contribution in [0.25, 0.3) is 0 Å². The highest BCUT2D eigenvalue weighted by atomic mass is 32.1. The molecule has 0 radical (unpaired) electrons. The number of furan rings is 1. The summed E-state index contributed by atoms with van der Waals surface area (Å²) in [7, 11) is 0. The number of benzene rings is 1. The summed E-state index contributed by atoms with van der Waals surface area (Å²) in [6.07, 6.45) is 2.81. The van der Waals surface area contributed by atoms with Crippen LogP contribution in [0.15, 0.2) is 64.8 Å². The molecule has 0 aliphatic heterocycles. The van der Waals surface area contributed by atoms with Crippen LogP contribution in [0.5, 0.6) is 0 Å². The smallest absolute Gasteiger partial charge is 0.319 e. The molecule has 0 fully saturated rings. The topological polar surface area (TPSA) is 83.4 Å². The Balaban J connectivity index is 1.56. The van der Waals surface area contributed by atoms with Crippen molar-refractivity contribution in [3.8, 4) is 0 Å². The Morgan fingerprint density at radius 3 is 2.58 bits per heavy atom. The van der Waals surface area contributed by atoms with Crippen LogP contribution < -0.4 is 16.0 Å². The molecule has 0 saturated heterocycles. The van der Waals surface area contributed by atoms with Gasteiger partial charge in [0.1, 0.15) is 6.26 Å². The molecule has 2 heterocycles. The monoisotopic (exact) mass is 341 g/mol. The van der Waals surface area contributed by atoms with E-state index in [1.54, 1.807) is 41.7 Å². The number of thiophene rings is 1. The lowest BCUT2D eigenvalue weighted by atomic mass is 10.2. The second-order valence-corrected chi connectivity index (χ2v) is 5.97. The minimum Gasteiger partial charge on any atom is -0.472 e. The fourth-order valence-corrected chi connectivity index (χ4v) is 2.67. The summed E-state index contributed by atoms with van der Waals surface area (Å²) in [6, 6.07) is 12.1. The van der Waals surface area contributed by atoms with E-state index in [1.165, 1.54) is 12.5 Å². The molecule has 0 bridgehead atoms. The maximum atomic E-state index is 12.0. The molecular weight excluding hydrogens is 326 g/mol. The molecule has 3 aromatic rings. The highest BCUT2D eigenvalue weighted by Gasteiger charge is 2.08. The lowest BCUT2D eigenvalue weighted by molar-refractivity contribution is 0.102. The Morgan fingerprint density at radius 1 is 1.04 bits per heavy atom. The van der Waals surface area contributed by atoms with Gasteiger partial charge in [-0.05, 0) is 35.7 Å². The molecule has 7 heteroatoms. The first kappa shape index (κ1) is 15.8. The highest BCUT2D eigenvalue weighted by Crippen LogP contribution is 2.16. The molecule has 0 aliphatic rings. The molecule has 0 spiro atoms. The summed E-state index contributed by atoms with van der Waals surface area (Å²) in [5.41, 5.74) is 1.60. The molecule has 122 valence electrons. The molecule has 2 aromatic heterocycles. The lowest BCUT2D eigenvalue weighted by Crippen LogP contribution is -2.27. The van der Waals surface area contributed by atoms with E-state index in [9.17, 15) is 9.59 Å². The normalized spacial score (nSPS) is 10.2. The van der Waals surface area contributed by atoms with Gasteiger partial charge in [-0.25, -0.2) is 4.79 Å². The van der Waals surface area contributed by atoms with Gasteiger partial charge in [0.15, 0.2) is 0 Å². The van der Waals surface area contributed by atoms with Crippen LogP contribution in [-0.2, 0) is 6.54 Å². The molecule has 3 amide bonds. The second-order valence-electron chi connectivity index (χ2n) is 4.93. The maximum Gasteiger partial charge on any atom is 0.319 e. The zero-order valence-corrected chi connectivity index (χ0v) is 13.4. The van der Waals surface area contributed by atoms with E-state index in [0.717, 1.165) is 4.88 Å². The van der Waals surface area contributed by atoms with E-state index < -0.39 is 0 Å². The van der Waals surface area contributed by atoms with Crippen molar-refractivity contribution < 1.29 is 14.0 Å². The third-order valence-electron chi connectivity index (χ3n) is 3.16. The first-order valence-corrected chi connectivity index (χ1v) is 8.09. The lowest BCUT2D eigenvalue weighted by Gasteiger charge is -2.09. The zero-order chi connectivity index (χ0) is 16.8. The van der Waals surface area contributed by atoms with E-state index in [2.05, 4.69) is 16.0 Å². The molecule has 0 saturated carbocycles. The fourth-order valence-electron chi connectivity index (χ4n) is 2.03. The van der Waals surface area contributed by atoms with E-state index in [4.69, 9.17) is 4.42 Å². The van der Waals surface area contributed by atoms with Crippen molar-refractivity contribution in [2.45, 2.75) is 6.54 Å². The standard InChI is InChI=1S/C17H15N3O3S/c21-16(12-6-7-23-11-12)19-13-3-1-4-14(9-13)20-17(22)18-10-15-5-2-8-24-15/h1-9,11H,10H2,(H,19,21)(H2,18,20,22). The first-order chi connectivity index (χ1) is 11.7. The summed E-state index contributed by atoms with van der Waals surface area (Å²) in [6.45, 7) is 0.473. The molecule has 0 aliphatic carbocycles. The van der Waals surface area contributed by atoms with E-state index in [0.29, 0.717) is 23.5 Å². The van der Waals surface area contributed by atoms with Gasteiger partial charge >= 0.3 is 6.03 Å². The third-order valence-corrected chi connectivity index (χ3v) is 4.04. The minimum atomic E-state index is -0.304. The Labute approximate surface area is 142 Å². The Hall–Kier alpha value is -3.06. The van der Waals surface area contributed by atoms with E-state index in [1.807, 2.05) is 17.5 Å². The summed E-state index contributed by atoms with van der Waals surface area (Å²) in [4.78, 5) is 25.0. The van der Waals surface area contributed by atoms with Gasteiger partial charge in [-0.15, -0.1) is 11.3 Å². The number of rotatable bonds is 5. The number of carbonyl (C=O) groups excluding carboxylic acids is 2. The van der Waals surface area contributed by atoms with Crippen molar-refractivity contribution in [1.29, 1.82) is 0 Å². The predicted octanol–water partition coefficient (Wildman–Crippen LogP) is 3.92. The minimum absolute atomic E-state index is 0.275. The highest BCUT2D eigenvalue weighted by molar-refractivity contribution is 7.09. The molecule has 0 unspecified atom stereocenters. The van der Waals surface area contributed by atoms with Gasteiger partial charge in [0.2, 0.25) is 0 Å². The summed E-state index contributed by atoms with van der Waals surface area (Å²) in [5, 5.41) is 10.2. The van der Waals surface area contributed by atoms with Crippen molar-refractivity contribution in [3.05, 3.63) is 70.8 Å². The SMILES string of the molecule is O=C(NCc1cccs1)Nc1cccc(NC(=O)c2ccoc2)c1. The van der Waals surface area contributed by atoms with Crippen LogP contribution in [-0.4, -0.2) is 11.9 Å². The number of urea groups is 1. The van der Waals surface area contributed by atoms with Gasteiger partial charge in [0.25, 0.3) is 5.91 Å². The van der Waals surface area contributed by atoms with Crippen LogP contribution in [0.2, 0.25) is 0 Å². The van der Waals surface area contributed by atoms with Crippen molar-refractivity contribution in [2.24, 2.45) is 0 Å². The largest absolute Gasteiger partial charge is 0.472 e. The number of nitrogens with one attached hydrogen (secondary N) is 3. The Kier molecular flexibility index (Phi) is 4.93. The number of anilines is 2. The van der Waals surface area contributed by atoms with Crippen molar-refractivity contribution in [1.82, 2.24) is 5.32 Å². The summed E-state index contributed by atoms with van der Waals surface area (Å²) < 4.78 is 4.88. The first-order valence-electron chi connectivity index (χ1n) is 7.21. The second kappa shape index (κ2) is 7.47. The predicted molar refractivity (Wildman–Crippen MR) is 93.3 cm³/mol. The molecule has 3 rings (SSSR count). The molecule has 0 atom stereocenters. The van der Waals surface area contributed by atoms with Crippen molar-refractivity contribution >= 4 is 34.6 Å². The van der Waals surface area contributed by atoms with Crippen molar-refractivity contribution in [2.75, 3.05) is 10.6 Å². The molecule has 6 nitrogen and oxygen atoms in total. The maximum absolute atomic E-state index is 12.0. The molecular formula is C17H15N3O3S. The number of hydrogen-bond donors (Lipinski definition) is 3. The molecule has 24 heavy (non-hydrogen) atoms. The average Bonchev–Trinajstić information content (AvgIpc) is 3.27. The van der Waals surface area contributed by atoms with Crippen LogP contribution in [0.4, 0.5) is 16.2 Å². The van der Waals surface area contributed by atoms with Gasteiger partial charge in [-0.2, -0.15) is 0 Å². The van der Waals surface area contributed by atoms with Gasteiger partial charge in [-0.3, -0.25) is 4.79 Å². The Morgan fingerprint density at radius 2 is 1.88 bits per heavy atom. The van der Waals surface area contributed by atoms with Crippen LogP contribution in [0.1, 0.15) is 15.2 Å². The summed E-state index contributed by atoms with van der Waals surface area (Å²) in [5.74, 6) is -0.275. The summed E-state index contributed by atoms with van der Waals surface area (Å²) >= 11 is 1.58. The van der Waals surface area contributed by atoms with Crippen molar-refractivity contribution in [3.63, 3.8) is 0 Å². The molecule has 3 N–H and O–H groups in total. The van der Waals surface area contributed by atoms with Gasteiger partial charge < -0.3 is 20.4 Å². The number of hydrogen-bond acceptors (Lipinski definition) is 4. The number of amides is 3. The third kappa shape index (κ3) is 4.23. The van der Waals surface area contributed by atoms with Gasteiger partial charge in [-0.1, -0.05) is 12.1 Å². The van der Waals surface area contributed by atoms with E-state index in [-0.39, 0.29) is 11.9 Å². The van der Waals surface area contributed by atoms with Gasteiger partial charge in [0.05, 0.1) is 18.4 Å².